The van der Waals surface area contributed by atoms with E-state index in [4.69, 9.17) is 4.74 Å². The molecule has 0 bridgehead atoms. The molecule has 2 aromatic rings. The molecule has 0 saturated carbocycles. The van der Waals surface area contributed by atoms with E-state index in [1.165, 1.54) is 4.57 Å². The number of halogens is 1. The lowest BCUT2D eigenvalue weighted by Crippen LogP contribution is -2.39. The minimum Gasteiger partial charge on any atom is -0.444 e. The molecular weight excluding hydrogens is 436 g/mol. The number of hydrogen-bond acceptors (Lipinski definition) is 5. The Morgan fingerprint density at radius 2 is 2.07 bits per heavy atom. The first-order chi connectivity index (χ1) is 13.6. The lowest BCUT2D eigenvalue weighted by molar-refractivity contribution is 0.0270. The zero-order valence-electron chi connectivity index (χ0n) is 17.0. The Morgan fingerprint density at radius 1 is 1.31 bits per heavy atom. The maximum atomic E-state index is 12.2. The van der Waals surface area contributed by atoms with Gasteiger partial charge in [0, 0.05) is 37.0 Å². The van der Waals surface area contributed by atoms with E-state index in [0.717, 1.165) is 22.0 Å². The van der Waals surface area contributed by atoms with Gasteiger partial charge in [0.05, 0.1) is 0 Å². The van der Waals surface area contributed by atoms with Crippen molar-refractivity contribution in [3.05, 3.63) is 57.1 Å². The number of hydrogen-bond donors (Lipinski definition) is 1. The Kier molecular flexibility index (Phi) is 6.12. The molecule has 8 heteroatoms. The van der Waals surface area contributed by atoms with Crippen LogP contribution in [0.2, 0.25) is 0 Å². The van der Waals surface area contributed by atoms with Crippen LogP contribution in [0.4, 0.5) is 16.3 Å². The highest BCUT2D eigenvalue weighted by molar-refractivity contribution is 9.10. The van der Waals surface area contributed by atoms with E-state index in [0.29, 0.717) is 24.6 Å². The molecule has 154 valence electrons. The SMILES string of the molecule is Cn1cc(Br)cc(Nc2ccc(C3=CCN(C(=O)OC(C)(C)C)CC3)cn2)c1=O. The van der Waals surface area contributed by atoms with Crippen LogP contribution in [0.1, 0.15) is 32.8 Å². The molecule has 0 fully saturated rings. The first-order valence-corrected chi connectivity index (χ1v) is 10.2. The second-order valence-corrected chi connectivity index (χ2v) is 8.87. The van der Waals surface area contributed by atoms with Crippen molar-refractivity contribution in [3.63, 3.8) is 0 Å². The summed E-state index contributed by atoms with van der Waals surface area (Å²) in [6.45, 7) is 6.71. The van der Waals surface area contributed by atoms with Gasteiger partial charge in [-0.05, 0) is 72.5 Å². The summed E-state index contributed by atoms with van der Waals surface area (Å²) >= 11 is 3.39. The fraction of sp³-hybridized carbons (Fsp3) is 0.381. The number of amides is 1. The van der Waals surface area contributed by atoms with Gasteiger partial charge in [0.1, 0.15) is 17.1 Å². The maximum Gasteiger partial charge on any atom is 0.410 e. The van der Waals surface area contributed by atoms with Crippen molar-refractivity contribution < 1.29 is 9.53 Å². The third-order valence-electron chi connectivity index (χ3n) is 4.41. The molecule has 29 heavy (non-hydrogen) atoms. The molecule has 0 aliphatic carbocycles. The monoisotopic (exact) mass is 460 g/mol. The summed E-state index contributed by atoms with van der Waals surface area (Å²) in [7, 11) is 1.70. The third-order valence-corrected chi connectivity index (χ3v) is 4.84. The van der Waals surface area contributed by atoms with Gasteiger partial charge in [-0.25, -0.2) is 9.78 Å². The summed E-state index contributed by atoms with van der Waals surface area (Å²) in [6, 6.07) is 5.54. The minimum absolute atomic E-state index is 0.128. The van der Waals surface area contributed by atoms with Crippen LogP contribution >= 0.6 is 15.9 Å². The summed E-state index contributed by atoms with van der Waals surface area (Å²) < 4.78 is 7.73. The summed E-state index contributed by atoms with van der Waals surface area (Å²) in [5.74, 6) is 0.593. The molecular formula is C21H25BrN4O3. The van der Waals surface area contributed by atoms with Crippen LogP contribution in [-0.2, 0) is 11.8 Å². The summed E-state index contributed by atoms with van der Waals surface area (Å²) in [5.41, 5.74) is 1.97. The molecule has 3 heterocycles. The van der Waals surface area contributed by atoms with E-state index in [-0.39, 0.29) is 11.7 Å². The van der Waals surface area contributed by atoms with E-state index < -0.39 is 5.60 Å². The molecule has 0 unspecified atom stereocenters. The Hall–Kier alpha value is -2.61. The number of ether oxygens (including phenoxy) is 1. The number of pyridine rings is 2. The van der Waals surface area contributed by atoms with Gasteiger partial charge >= 0.3 is 6.09 Å². The zero-order chi connectivity index (χ0) is 21.2. The largest absolute Gasteiger partial charge is 0.444 e. The molecule has 7 nitrogen and oxygen atoms in total. The van der Waals surface area contributed by atoms with Crippen molar-refractivity contribution in [1.29, 1.82) is 0 Å². The number of aromatic nitrogens is 2. The second kappa shape index (κ2) is 8.41. The Morgan fingerprint density at radius 3 is 2.66 bits per heavy atom. The predicted octanol–water partition coefficient (Wildman–Crippen LogP) is 4.31. The smallest absolute Gasteiger partial charge is 0.410 e. The highest BCUT2D eigenvalue weighted by Gasteiger charge is 2.23. The lowest BCUT2D eigenvalue weighted by Gasteiger charge is -2.29. The molecule has 0 saturated heterocycles. The van der Waals surface area contributed by atoms with Crippen LogP contribution in [-0.4, -0.2) is 39.2 Å². The average molecular weight is 461 g/mol. The van der Waals surface area contributed by atoms with Crippen LogP contribution in [0.3, 0.4) is 0 Å². The maximum absolute atomic E-state index is 12.2. The molecule has 1 amide bonds. The Bertz CT molecular complexity index is 990. The highest BCUT2D eigenvalue weighted by Crippen LogP contribution is 2.24. The van der Waals surface area contributed by atoms with Crippen molar-refractivity contribution in [2.75, 3.05) is 18.4 Å². The van der Waals surface area contributed by atoms with Crippen molar-refractivity contribution in [1.82, 2.24) is 14.5 Å². The van der Waals surface area contributed by atoms with Gasteiger partial charge in [0.25, 0.3) is 5.56 Å². The number of nitrogens with one attached hydrogen (secondary N) is 1. The summed E-state index contributed by atoms with van der Waals surface area (Å²) in [5, 5.41) is 3.06. The van der Waals surface area contributed by atoms with E-state index >= 15 is 0 Å². The number of nitrogens with zero attached hydrogens (tertiary/aromatic N) is 3. The first-order valence-electron chi connectivity index (χ1n) is 9.39. The van der Waals surface area contributed by atoms with Crippen molar-refractivity contribution in [2.45, 2.75) is 32.8 Å². The molecule has 0 spiro atoms. The second-order valence-electron chi connectivity index (χ2n) is 7.95. The summed E-state index contributed by atoms with van der Waals surface area (Å²) in [4.78, 5) is 30.5. The van der Waals surface area contributed by atoms with Gasteiger partial charge in [-0.3, -0.25) is 4.79 Å². The molecule has 2 aromatic heterocycles. The average Bonchev–Trinajstić information content (AvgIpc) is 2.65. The van der Waals surface area contributed by atoms with E-state index in [2.05, 4.69) is 26.2 Å². The number of anilines is 2. The van der Waals surface area contributed by atoms with Gasteiger partial charge in [-0.1, -0.05) is 6.08 Å². The van der Waals surface area contributed by atoms with E-state index in [9.17, 15) is 9.59 Å². The number of rotatable bonds is 3. The number of carbonyl (C=O) groups is 1. The highest BCUT2D eigenvalue weighted by atomic mass is 79.9. The van der Waals surface area contributed by atoms with Gasteiger partial charge < -0.3 is 19.5 Å². The standard InChI is InChI=1S/C21H25BrN4O3/c1-21(2,3)29-20(28)26-9-7-14(8-10-26)15-5-6-18(23-12-15)24-17-11-16(22)13-25(4)19(17)27/h5-7,11-13H,8-10H2,1-4H3,(H,23,24). The van der Waals surface area contributed by atoms with Crippen LogP contribution < -0.4 is 10.9 Å². The Balaban J connectivity index is 1.67. The van der Waals surface area contributed by atoms with Crippen molar-refractivity contribution in [3.8, 4) is 0 Å². The normalized spacial score (nSPS) is 14.4. The fourth-order valence-electron chi connectivity index (χ4n) is 2.98. The molecule has 1 N–H and O–H groups in total. The minimum atomic E-state index is -0.497. The van der Waals surface area contributed by atoms with Crippen LogP contribution in [0.15, 0.2) is 45.9 Å². The van der Waals surface area contributed by atoms with E-state index in [1.54, 1.807) is 30.4 Å². The van der Waals surface area contributed by atoms with Crippen molar-refractivity contribution >= 4 is 39.1 Å². The number of carbonyl (C=O) groups excluding carboxylic acids is 1. The molecule has 1 aliphatic rings. The third kappa shape index (κ3) is 5.47. The lowest BCUT2D eigenvalue weighted by atomic mass is 10.0. The molecule has 0 radical (unpaired) electrons. The van der Waals surface area contributed by atoms with Crippen LogP contribution in [0, 0.1) is 0 Å². The van der Waals surface area contributed by atoms with Gasteiger partial charge in [-0.2, -0.15) is 0 Å². The fourth-order valence-corrected chi connectivity index (χ4v) is 3.52. The molecule has 3 rings (SSSR count). The topological polar surface area (TPSA) is 76.5 Å². The van der Waals surface area contributed by atoms with Gasteiger partial charge in [-0.15, -0.1) is 0 Å². The predicted molar refractivity (Wildman–Crippen MR) is 117 cm³/mol. The number of aryl methyl sites for hydroxylation is 1. The summed E-state index contributed by atoms with van der Waals surface area (Å²) in [6.07, 6.45) is 5.96. The van der Waals surface area contributed by atoms with Crippen LogP contribution in [0.5, 0.6) is 0 Å². The quantitative estimate of drug-likeness (QED) is 0.738. The van der Waals surface area contributed by atoms with E-state index in [1.807, 2.05) is 39.0 Å². The molecule has 1 aliphatic heterocycles. The van der Waals surface area contributed by atoms with Gasteiger partial charge in [0.15, 0.2) is 0 Å². The molecule has 0 atom stereocenters. The zero-order valence-corrected chi connectivity index (χ0v) is 18.6. The first kappa shape index (κ1) is 21.1. The molecule has 0 aromatic carbocycles. The Labute approximate surface area is 178 Å². The van der Waals surface area contributed by atoms with Gasteiger partial charge in [0.2, 0.25) is 0 Å². The van der Waals surface area contributed by atoms with Crippen LogP contribution in [0.25, 0.3) is 5.57 Å². The van der Waals surface area contributed by atoms with Crippen molar-refractivity contribution in [2.24, 2.45) is 7.05 Å².